The molecule has 19 heavy (non-hydrogen) atoms. The van der Waals surface area contributed by atoms with Crippen molar-refractivity contribution in [1.82, 2.24) is 0 Å². The Morgan fingerprint density at radius 1 is 0.947 bits per heavy atom. The SMILES string of the molecule is CN(C1=CC=CCC=C1)c1ccc2ccccc2c1. The van der Waals surface area contributed by atoms with Crippen LogP contribution in [0.3, 0.4) is 0 Å². The molecular formula is C18H17N. The summed E-state index contributed by atoms with van der Waals surface area (Å²) in [6, 6.07) is 15.0. The summed E-state index contributed by atoms with van der Waals surface area (Å²) in [6.45, 7) is 0. The first-order chi connectivity index (χ1) is 9.34. The Morgan fingerprint density at radius 2 is 1.79 bits per heavy atom. The van der Waals surface area contributed by atoms with Crippen LogP contribution >= 0.6 is 0 Å². The maximum absolute atomic E-state index is 2.23. The number of hydrogen-bond acceptors (Lipinski definition) is 1. The lowest BCUT2D eigenvalue weighted by Crippen LogP contribution is -2.14. The van der Waals surface area contributed by atoms with Gasteiger partial charge < -0.3 is 4.90 Å². The molecule has 0 atom stereocenters. The molecular weight excluding hydrogens is 230 g/mol. The lowest BCUT2D eigenvalue weighted by molar-refractivity contribution is 1.14. The lowest BCUT2D eigenvalue weighted by atomic mass is 10.1. The van der Waals surface area contributed by atoms with Crippen molar-refractivity contribution in [3.63, 3.8) is 0 Å². The van der Waals surface area contributed by atoms with Gasteiger partial charge in [0.25, 0.3) is 0 Å². The summed E-state index contributed by atoms with van der Waals surface area (Å²) in [5.74, 6) is 0. The fraction of sp³-hybridized carbons (Fsp3) is 0.111. The molecule has 0 aliphatic heterocycles. The molecule has 0 amide bonds. The number of nitrogens with zero attached hydrogens (tertiary/aromatic N) is 1. The number of allylic oxidation sites excluding steroid dienone is 5. The highest BCUT2D eigenvalue weighted by Gasteiger charge is 2.05. The van der Waals surface area contributed by atoms with Crippen molar-refractivity contribution >= 4 is 16.5 Å². The summed E-state index contributed by atoms with van der Waals surface area (Å²) in [6.07, 6.45) is 11.8. The first-order valence-corrected chi connectivity index (χ1v) is 6.60. The van der Waals surface area contributed by atoms with Gasteiger partial charge in [0.15, 0.2) is 0 Å². The second-order valence-electron chi connectivity index (χ2n) is 4.75. The summed E-state index contributed by atoms with van der Waals surface area (Å²) in [7, 11) is 2.11. The Bertz CT molecular complexity index is 677. The second-order valence-corrected chi connectivity index (χ2v) is 4.75. The maximum atomic E-state index is 2.23. The average Bonchev–Trinajstić information content (AvgIpc) is 2.75. The molecule has 0 N–H and O–H groups in total. The van der Waals surface area contributed by atoms with E-state index in [0.29, 0.717) is 0 Å². The smallest absolute Gasteiger partial charge is 0.0414 e. The monoisotopic (exact) mass is 247 g/mol. The zero-order chi connectivity index (χ0) is 13.1. The molecule has 3 rings (SSSR count). The second kappa shape index (κ2) is 5.15. The van der Waals surface area contributed by atoms with Crippen LogP contribution in [0.1, 0.15) is 6.42 Å². The fourth-order valence-electron chi connectivity index (χ4n) is 2.33. The summed E-state index contributed by atoms with van der Waals surface area (Å²) >= 11 is 0. The van der Waals surface area contributed by atoms with E-state index in [1.165, 1.54) is 22.2 Å². The topological polar surface area (TPSA) is 3.24 Å². The van der Waals surface area contributed by atoms with Crippen LogP contribution in [0.15, 0.2) is 78.5 Å². The van der Waals surface area contributed by atoms with Crippen LogP contribution in [0, 0.1) is 0 Å². The minimum Gasteiger partial charge on any atom is -0.345 e. The average molecular weight is 247 g/mol. The maximum Gasteiger partial charge on any atom is 0.0414 e. The quantitative estimate of drug-likeness (QED) is 0.745. The molecule has 1 nitrogen and oxygen atoms in total. The van der Waals surface area contributed by atoms with E-state index >= 15 is 0 Å². The van der Waals surface area contributed by atoms with Gasteiger partial charge >= 0.3 is 0 Å². The van der Waals surface area contributed by atoms with E-state index in [9.17, 15) is 0 Å². The molecule has 1 heteroatoms. The van der Waals surface area contributed by atoms with Crippen LogP contribution in [-0.4, -0.2) is 7.05 Å². The van der Waals surface area contributed by atoms with Crippen LogP contribution in [0.4, 0.5) is 5.69 Å². The van der Waals surface area contributed by atoms with Crippen LogP contribution in [-0.2, 0) is 0 Å². The molecule has 0 spiro atoms. The summed E-state index contributed by atoms with van der Waals surface area (Å²) in [5, 5.41) is 2.56. The molecule has 2 aromatic carbocycles. The van der Waals surface area contributed by atoms with E-state index in [1.807, 2.05) is 0 Å². The molecule has 2 aromatic rings. The number of fused-ring (bicyclic) bond motifs is 1. The third-order valence-corrected chi connectivity index (χ3v) is 3.47. The van der Waals surface area contributed by atoms with Crippen LogP contribution in [0.2, 0.25) is 0 Å². The van der Waals surface area contributed by atoms with Gasteiger partial charge in [-0.15, -0.1) is 0 Å². The lowest BCUT2D eigenvalue weighted by Gasteiger charge is -2.20. The molecule has 0 radical (unpaired) electrons. The number of benzene rings is 2. The summed E-state index contributed by atoms with van der Waals surface area (Å²) in [4.78, 5) is 2.22. The first-order valence-electron chi connectivity index (χ1n) is 6.60. The van der Waals surface area contributed by atoms with E-state index in [4.69, 9.17) is 0 Å². The van der Waals surface area contributed by atoms with Gasteiger partial charge in [-0.25, -0.2) is 0 Å². The predicted molar refractivity (Wildman–Crippen MR) is 83.3 cm³/mol. The van der Waals surface area contributed by atoms with Crippen LogP contribution < -0.4 is 4.90 Å². The van der Waals surface area contributed by atoms with Crippen molar-refractivity contribution in [3.8, 4) is 0 Å². The van der Waals surface area contributed by atoms with Crippen LogP contribution in [0.25, 0.3) is 10.8 Å². The minimum atomic E-state index is 1.01. The third-order valence-electron chi connectivity index (χ3n) is 3.47. The van der Waals surface area contributed by atoms with Gasteiger partial charge in [-0.1, -0.05) is 48.6 Å². The van der Waals surface area contributed by atoms with E-state index in [-0.39, 0.29) is 0 Å². The molecule has 1 aliphatic rings. The predicted octanol–water partition coefficient (Wildman–Crippen LogP) is 4.68. The van der Waals surface area contributed by atoms with Gasteiger partial charge in [-0.2, -0.15) is 0 Å². The third kappa shape index (κ3) is 2.45. The summed E-state index contributed by atoms with van der Waals surface area (Å²) in [5.41, 5.74) is 2.42. The highest BCUT2D eigenvalue weighted by atomic mass is 15.1. The van der Waals surface area contributed by atoms with E-state index < -0.39 is 0 Å². The van der Waals surface area contributed by atoms with E-state index in [1.54, 1.807) is 0 Å². The van der Waals surface area contributed by atoms with Crippen molar-refractivity contribution in [3.05, 3.63) is 78.5 Å². The zero-order valence-corrected chi connectivity index (χ0v) is 11.1. The Hall–Kier alpha value is -2.28. The van der Waals surface area contributed by atoms with Crippen molar-refractivity contribution in [2.24, 2.45) is 0 Å². The van der Waals surface area contributed by atoms with Crippen molar-refractivity contribution in [2.45, 2.75) is 6.42 Å². The molecule has 0 heterocycles. The molecule has 0 unspecified atom stereocenters. The van der Waals surface area contributed by atoms with Gasteiger partial charge in [0.05, 0.1) is 0 Å². The molecule has 0 fully saturated rings. The van der Waals surface area contributed by atoms with E-state index in [0.717, 1.165) is 6.42 Å². The van der Waals surface area contributed by atoms with Crippen LogP contribution in [0.5, 0.6) is 0 Å². The Labute approximate surface area is 114 Å². The number of hydrogen-bond donors (Lipinski definition) is 0. The highest BCUT2D eigenvalue weighted by Crippen LogP contribution is 2.24. The van der Waals surface area contributed by atoms with Gasteiger partial charge in [0, 0.05) is 18.4 Å². The Kier molecular flexibility index (Phi) is 3.20. The fourth-order valence-corrected chi connectivity index (χ4v) is 2.33. The van der Waals surface area contributed by atoms with Gasteiger partial charge in [0.2, 0.25) is 0 Å². The number of rotatable bonds is 2. The number of anilines is 1. The Morgan fingerprint density at radius 3 is 2.68 bits per heavy atom. The minimum absolute atomic E-state index is 1.01. The van der Waals surface area contributed by atoms with Gasteiger partial charge in [-0.05, 0) is 41.5 Å². The molecule has 0 bridgehead atoms. The number of likely N-dealkylation sites (N-methyl/N-ethyl adjacent to an activating group) is 1. The molecule has 1 aliphatic carbocycles. The van der Waals surface area contributed by atoms with Crippen molar-refractivity contribution < 1.29 is 0 Å². The van der Waals surface area contributed by atoms with Gasteiger partial charge in [0.1, 0.15) is 0 Å². The highest BCUT2D eigenvalue weighted by molar-refractivity contribution is 5.86. The molecule has 0 saturated heterocycles. The first kappa shape index (κ1) is 11.8. The van der Waals surface area contributed by atoms with E-state index in [2.05, 4.69) is 84.8 Å². The largest absolute Gasteiger partial charge is 0.345 e. The normalized spacial score (nSPS) is 14.3. The zero-order valence-electron chi connectivity index (χ0n) is 11.1. The van der Waals surface area contributed by atoms with Crippen molar-refractivity contribution in [1.29, 1.82) is 0 Å². The molecule has 0 saturated carbocycles. The van der Waals surface area contributed by atoms with Gasteiger partial charge in [-0.3, -0.25) is 0 Å². The molecule has 94 valence electrons. The van der Waals surface area contributed by atoms with Crippen molar-refractivity contribution in [2.75, 3.05) is 11.9 Å². The molecule has 0 aromatic heterocycles. The Balaban J connectivity index is 1.99. The summed E-state index contributed by atoms with van der Waals surface area (Å²) < 4.78 is 0. The standard InChI is InChI=1S/C18H17N/c1-19(17-10-4-2-3-5-11-17)18-13-12-15-8-6-7-9-16(15)14-18/h2,4-14H,3H2,1H3.